The molecule has 0 bridgehead atoms. The van der Waals surface area contributed by atoms with E-state index < -0.39 is 0 Å². The Hall–Kier alpha value is -1.16. The summed E-state index contributed by atoms with van der Waals surface area (Å²) in [5.74, 6) is 2.23. The molecular weight excluding hydrogens is 196 g/mol. The average Bonchev–Trinajstić information content (AvgIpc) is 2.20. The number of benzene rings is 1. The summed E-state index contributed by atoms with van der Waals surface area (Å²) in [6, 6.07) is 3.94. The van der Waals surface area contributed by atoms with E-state index in [2.05, 4.69) is 0 Å². The predicted octanol–water partition coefficient (Wildman–Crippen LogP) is 0.0932. The van der Waals surface area contributed by atoms with Crippen LogP contribution in [-0.2, 0) is 0 Å². The zero-order chi connectivity index (χ0) is 10.6. The van der Waals surface area contributed by atoms with Crippen LogP contribution in [0.2, 0.25) is 0 Å². The van der Waals surface area contributed by atoms with Crippen LogP contribution in [0.25, 0.3) is 0 Å². The second kappa shape index (κ2) is 4.90. The van der Waals surface area contributed by atoms with Crippen LogP contribution in [0.5, 0.6) is 17.2 Å². The molecule has 1 aromatic rings. The maximum atomic E-state index is 5.44. The van der Waals surface area contributed by atoms with Crippen LogP contribution < -0.4 is 19.4 Å². The quantitative estimate of drug-likeness (QED) is 0.662. The highest BCUT2D eigenvalue weighted by Gasteiger charge is 2.12. The Bertz CT molecular complexity index is 312. The maximum absolute atomic E-state index is 5.44. The lowest BCUT2D eigenvalue weighted by Crippen LogP contribution is -2.09. The SMILES string of the molecule is CCOc1ccc([SiH3])c(OC)c1OC. The average molecular weight is 212 g/mol. The minimum Gasteiger partial charge on any atom is -0.493 e. The van der Waals surface area contributed by atoms with Crippen molar-refractivity contribution < 1.29 is 14.2 Å². The van der Waals surface area contributed by atoms with Crippen LogP contribution in [-0.4, -0.2) is 31.1 Å². The molecule has 78 valence electrons. The van der Waals surface area contributed by atoms with Crippen molar-refractivity contribution in [3.63, 3.8) is 0 Å². The Morgan fingerprint density at radius 2 is 1.79 bits per heavy atom. The third-order valence-corrected chi connectivity index (χ3v) is 2.77. The first kappa shape index (κ1) is 10.9. The van der Waals surface area contributed by atoms with Gasteiger partial charge in [-0.25, -0.2) is 0 Å². The molecule has 0 saturated heterocycles. The van der Waals surface area contributed by atoms with Gasteiger partial charge in [0.1, 0.15) is 0 Å². The van der Waals surface area contributed by atoms with E-state index in [4.69, 9.17) is 14.2 Å². The van der Waals surface area contributed by atoms with Crippen molar-refractivity contribution in [2.24, 2.45) is 0 Å². The van der Waals surface area contributed by atoms with E-state index in [9.17, 15) is 0 Å². The smallest absolute Gasteiger partial charge is 0.203 e. The lowest BCUT2D eigenvalue weighted by molar-refractivity contribution is 0.297. The molecule has 1 rings (SSSR count). The van der Waals surface area contributed by atoms with Crippen LogP contribution in [0.3, 0.4) is 0 Å². The van der Waals surface area contributed by atoms with Gasteiger partial charge < -0.3 is 14.2 Å². The molecule has 3 nitrogen and oxygen atoms in total. The van der Waals surface area contributed by atoms with Crippen LogP contribution in [0.1, 0.15) is 6.92 Å². The van der Waals surface area contributed by atoms with Crippen molar-refractivity contribution in [1.29, 1.82) is 0 Å². The lowest BCUT2D eigenvalue weighted by atomic mass is 10.3. The third-order valence-electron chi connectivity index (χ3n) is 1.98. The van der Waals surface area contributed by atoms with Gasteiger partial charge in [-0.3, -0.25) is 0 Å². The van der Waals surface area contributed by atoms with Crippen molar-refractivity contribution in [3.05, 3.63) is 12.1 Å². The summed E-state index contributed by atoms with van der Waals surface area (Å²) in [6.07, 6.45) is 0. The first-order valence-corrected chi connectivity index (χ1v) is 5.59. The molecule has 0 radical (unpaired) electrons. The van der Waals surface area contributed by atoms with Gasteiger partial charge >= 0.3 is 0 Å². The molecule has 0 saturated carbocycles. The zero-order valence-corrected chi connectivity index (χ0v) is 11.1. The maximum Gasteiger partial charge on any atom is 0.203 e. The van der Waals surface area contributed by atoms with Gasteiger partial charge in [-0.05, 0) is 18.2 Å². The Kier molecular flexibility index (Phi) is 3.82. The number of ether oxygens (including phenoxy) is 3. The molecule has 0 spiro atoms. The van der Waals surface area contributed by atoms with Gasteiger partial charge in [0.25, 0.3) is 0 Å². The molecule has 0 aliphatic carbocycles. The van der Waals surface area contributed by atoms with Gasteiger partial charge in [-0.1, -0.05) is 6.07 Å². The minimum atomic E-state index is 0.625. The molecule has 1 aromatic carbocycles. The summed E-state index contributed by atoms with van der Waals surface area (Å²) in [5, 5.41) is 1.17. The number of hydrogen-bond acceptors (Lipinski definition) is 3. The summed E-state index contributed by atoms with van der Waals surface area (Å²) >= 11 is 0. The molecule has 0 atom stereocenters. The highest BCUT2D eigenvalue weighted by Crippen LogP contribution is 2.34. The van der Waals surface area contributed by atoms with E-state index in [1.165, 1.54) is 5.19 Å². The molecular formula is C10H16O3Si. The van der Waals surface area contributed by atoms with Crippen LogP contribution >= 0.6 is 0 Å². The Balaban J connectivity index is 3.18. The van der Waals surface area contributed by atoms with E-state index in [-0.39, 0.29) is 0 Å². The van der Waals surface area contributed by atoms with E-state index in [1.54, 1.807) is 14.2 Å². The van der Waals surface area contributed by atoms with E-state index >= 15 is 0 Å². The van der Waals surface area contributed by atoms with Gasteiger partial charge in [-0.2, -0.15) is 0 Å². The molecule has 0 aliphatic heterocycles. The van der Waals surface area contributed by atoms with E-state index in [1.807, 2.05) is 19.1 Å². The molecule has 0 aliphatic rings. The number of hydrogen-bond donors (Lipinski definition) is 0. The van der Waals surface area contributed by atoms with Crippen molar-refractivity contribution in [2.75, 3.05) is 20.8 Å². The minimum absolute atomic E-state index is 0.625. The predicted molar refractivity (Wildman–Crippen MR) is 60.3 cm³/mol. The highest BCUT2D eigenvalue weighted by molar-refractivity contribution is 6.34. The van der Waals surface area contributed by atoms with Gasteiger partial charge in [0.2, 0.25) is 5.75 Å². The van der Waals surface area contributed by atoms with E-state index in [0.717, 1.165) is 21.7 Å². The summed E-state index contributed by atoms with van der Waals surface area (Å²) in [4.78, 5) is 0. The summed E-state index contributed by atoms with van der Waals surface area (Å²) in [6.45, 7) is 2.57. The van der Waals surface area contributed by atoms with Crippen molar-refractivity contribution in [3.8, 4) is 17.2 Å². The van der Waals surface area contributed by atoms with E-state index in [0.29, 0.717) is 12.4 Å². The lowest BCUT2D eigenvalue weighted by Gasteiger charge is -2.14. The Morgan fingerprint density at radius 1 is 1.14 bits per heavy atom. The molecule has 0 heterocycles. The summed E-state index contributed by atoms with van der Waals surface area (Å²) in [7, 11) is 4.20. The van der Waals surface area contributed by atoms with Gasteiger partial charge in [0, 0.05) is 10.2 Å². The first-order valence-electron chi connectivity index (χ1n) is 4.59. The monoisotopic (exact) mass is 212 g/mol. The van der Waals surface area contributed by atoms with Gasteiger partial charge in [-0.15, -0.1) is 0 Å². The topological polar surface area (TPSA) is 27.7 Å². The first-order chi connectivity index (χ1) is 6.74. The van der Waals surface area contributed by atoms with Gasteiger partial charge in [0.15, 0.2) is 11.5 Å². The molecule has 14 heavy (non-hydrogen) atoms. The van der Waals surface area contributed by atoms with Gasteiger partial charge in [0.05, 0.1) is 20.8 Å². The summed E-state index contributed by atoms with van der Waals surface area (Å²) in [5.41, 5.74) is 0. The second-order valence-corrected chi connectivity index (χ2v) is 3.96. The fourth-order valence-corrected chi connectivity index (χ4v) is 1.96. The second-order valence-electron chi connectivity index (χ2n) is 2.88. The standard InChI is InChI=1S/C10H16O3Si/c1-4-13-7-5-6-8(14)10(12-3)9(7)11-2/h5-6H,4H2,1-3,14H3. The molecule has 0 amide bonds. The third kappa shape index (κ3) is 2.01. The molecule has 4 heteroatoms. The van der Waals surface area contributed by atoms with Crippen LogP contribution in [0.15, 0.2) is 12.1 Å². The zero-order valence-electron chi connectivity index (χ0n) is 9.09. The molecule has 0 unspecified atom stereocenters. The fraction of sp³-hybridized carbons (Fsp3) is 0.400. The van der Waals surface area contributed by atoms with Crippen LogP contribution in [0, 0.1) is 0 Å². The normalized spacial score (nSPS) is 9.93. The highest BCUT2D eigenvalue weighted by atomic mass is 28.1. The Morgan fingerprint density at radius 3 is 2.29 bits per heavy atom. The van der Waals surface area contributed by atoms with Crippen molar-refractivity contribution in [2.45, 2.75) is 6.92 Å². The summed E-state index contributed by atoms with van der Waals surface area (Å²) < 4.78 is 16.0. The Labute approximate surface area is 87.4 Å². The molecule has 0 fully saturated rings. The van der Waals surface area contributed by atoms with Crippen molar-refractivity contribution in [1.82, 2.24) is 0 Å². The molecule has 0 aromatic heterocycles. The van der Waals surface area contributed by atoms with Crippen LogP contribution in [0.4, 0.5) is 0 Å². The largest absolute Gasteiger partial charge is 0.493 e. The molecule has 0 N–H and O–H groups in total. The number of rotatable bonds is 4. The van der Waals surface area contributed by atoms with Crippen molar-refractivity contribution >= 4 is 15.4 Å². The fourth-order valence-electron chi connectivity index (χ4n) is 1.36. The number of methoxy groups -OCH3 is 2.